The lowest BCUT2D eigenvalue weighted by atomic mass is 9.96. The van der Waals surface area contributed by atoms with Crippen LogP contribution in [0, 0.1) is 11.7 Å². The molecule has 2 aliphatic rings. The number of aryl methyl sites for hydroxylation is 1. The molecule has 0 spiro atoms. The lowest BCUT2D eigenvalue weighted by molar-refractivity contribution is -0.136. The number of hydrogen-bond donors (Lipinski definition) is 3. The summed E-state index contributed by atoms with van der Waals surface area (Å²) < 4.78 is 16.6. The monoisotopic (exact) mass is 548 g/mol. The zero-order valence-corrected chi connectivity index (χ0v) is 22.2. The first-order chi connectivity index (χ1) is 19.4. The first-order valence-corrected chi connectivity index (χ1v) is 13.7. The predicted molar refractivity (Wildman–Crippen MR) is 145 cm³/mol. The highest BCUT2D eigenvalue weighted by molar-refractivity contribution is 5.95. The normalized spacial score (nSPS) is 18.9. The van der Waals surface area contributed by atoms with Gasteiger partial charge in [0.2, 0.25) is 11.8 Å². The molecule has 2 aromatic carbocycles. The molecule has 0 saturated carbocycles. The van der Waals surface area contributed by atoms with E-state index in [1.54, 1.807) is 17.0 Å². The van der Waals surface area contributed by atoms with E-state index in [0.717, 1.165) is 11.4 Å². The van der Waals surface area contributed by atoms with Crippen LogP contribution >= 0.6 is 0 Å². The Labute approximate surface area is 231 Å². The Morgan fingerprint density at radius 1 is 0.975 bits per heavy atom. The predicted octanol–water partition coefficient (Wildman–Crippen LogP) is 2.45. The van der Waals surface area contributed by atoms with Gasteiger partial charge in [-0.05, 0) is 61.6 Å². The van der Waals surface area contributed by atoms with Crippen molar-refractivity contribution in [2.24, 2.45) is 5.92 Å². The molecule has 1 atom stereocenters. The van der Waals surface area contributed by atoms with Gasteiger partial charge in [-0.25, -0.2) is 9.37 Å². The summed E-state index contributed by atoms with van der Waals surface area (Å²) in [6, 6.07) is 8.93. The van der Waals surface area contributed by atoms with Crippen LogP contribution in [-0.2, 0) is 29.0 Å². The van der Waals surface area contributed by atoms with E-state index in [4.69, 9.17) is 0 Å². The minimum atomic E-state index is -0.557. The van der Waals surface area contributed by atoms with Crippen molar-refractivity contribution < 1.29 is 23.9 Å². The number of phenols is 1. The molecule has 3 heterocycles. The van der Waals surface area contributed by atoms with Gasteiger partial charge in [0.25, 0.3) is 5.91 Å². The van der Waals surface area contributed by atoms with Crippen molar-refractivity contribution in [3.8, 4) is 16.9 Å². The summed E-state index contributed by atoms with van der Waals surface area (Å²) >= 11 is 0. The SMILES string of the molecule is O=C1CCCN(C(=O)C2CCn3ncnc3C2)CCCNC(=O)c2ccc(F)c(c2)-c2cc(ccc2O)CCN1. The zero-order valence-electron chi connectivity index (χ0n) is 22.2. The Kier molecular flexibility index (Phi) is 8.37. The lowest BCUT2D eigenvalue weighted by Gasteiger charge is -2.29. The van der Waals surface area contributed by atoms with Crippen LogP contribution in [0.5, 0.6) is 5.75 Å². The van der Waals surface area contributed by atoms with Crippen molar-refractivity contribution in [3.63, 3.8) is 0 Å². The molecule has 11 heteroatoms. The van der Waals surface area contributed by atoms with Gasteiger partial charge in [-0.3, -0.25) is 19.1 Å². The van der Waals surface area contributed by atoms with Crippen molar-refractivity contribution in [1.82, 2.24) is 30.3 Å². The number of phenolic OH excluding ortho intramolecular Hbond substituents is 1. The summed E-state index contributed by atoms with van der Waals surface area (Å²) in [6.45, 7) is 2.19. The number of aromatic nitrogens is 3. The molecule has 0 aliphatic carbocycles. The molecule has 3 N–H and O–H groups in total. The minimum absolute atomic E-state index is 0.0223. The Bertz CT molecular complexity index is 1410. The average Bonchev–Trinajstić information content (AvgIpc) is 3.43. The van der Waals surface area contributed by atoms with Gasteiger partial charge in [-0.2, -0.15) is 5.10 Å². The first-order valence-electron chi connectivity index (χ1n) is 13.7. The van der Waals surface area contributed by atoms with E-state index in [0.29, 0.717) is 64.8 Å². The van der Waals surface area contributed by atoms with E-state index >= 15 is 0 Å². The number of amides is 3. The highest BCUT2D eigenvalue weighted by atomic mass is 19.1. The third-order valence-corrected chi connectivity index (χ3v) is 7.51. The fourth-order valence-electron chi connectivity index (χ4n) is 5.30. The number of carbonyl (C=O) groups excluding carboxylic acids is 3. The zero-order chi connectivity index (χ0) is 28.1. The standard InChI is InChI=1S/C29H33FN6O4/c30-24-6-5-20-16-22(24)23-15-19(4-7-25(23)37)8-11-31-27(38)3-1-12-35(13-2-10-32-28(20)39)29(40)21-9-14-36-26(17-21)33-18-34-36/h4-7,15-16,18,21,37H,1-3,8-14,17H2,(H,31,38)(H,32,39). The maximum absolute atomic E-state index is 14.8. The number of fused-ring (bicyclic) bond motifs is 6. The van der Waals surface area contributed by atoms with E-state index < -0.39 is 5.82 Å². The average molecular weight is 549 g/mol. The van der Waals surface area contributed by atoms with Gasteiger partial charge in [-0.15, -0.1) is 0 Å². The molecular formula is C29H33FN6O4. The highest BCUT2D eigenvalue weighted by Crippen LogP contribution is 2.33. The Morgan fingerprint density at radius 3 is 2.70 bits per heavy atom. The highest BCUT2D eigenvalue weighted by Gasteiger charge is 2.29. The molecule has 40 heavy (non-hydrogen) atoms. The fraction of sp³-hybridized carbons (Fsp3) is 0.414. The van der Waals surface area contributed by atoms with E-state index in [9.17, 15) is 23.9 Å². The van der Waals surface area contributed by atoms with Gasteiger partial charge in [0.1, 0.15) is 23.7 Å². The second kappa shape index (κ2) is 12.3. The molecule has 210 valence electrons. The molecular weight excluding hydrogens is 515 g/mol. The molecule has 5 rings (SSSR count). The molecule has 0 radical (unpaired) electrons. The number of nitrogens with one attached hydrogen (secondary N) is 2. The molecule has 10 nitrogen and oxygen atoms in total. The van der Waals surface area contributed by atoms with Crippen LogP contribution in [0.4, 0.5) is 4.39 Å². The van der Waals surface area contributed by atoms with Crippen molar-refractivity contribution in [1.29, 1.82) is 0 Å². The summed E-state index contributed by atoms with van der Waals surface area (Å²) in [5, 5.41) is 20.4. The molecule has 4 bridgehead atoms. The van der Waals surface area contributed by atoms with Gasteiger partial charge in [0.05, 0.1) is 0 Å². The Morgan fingerprint density at radius 2 is 1.82 bits per heavy atom. The van der Waals surface area contributed by atoms with Crippen molar-refractivity contribution in [3.05, 3.63) is 65.5 Å². The minimum Gasteiger partial charge on any atom is -0.507 e. The summed E-state index contributed by atoms with van der Waals surface area (Å²) in [5.41, 5.74) is 1.48. The van der Waals surface area contributed by atoms with Crippen LogP contribution < -0.4 is 10.6 Å². The molecule has 3 aromatic rings. The smallest absolute Gasteiger partial charge is 0.251 e. The van der Waals surface area contributed by atoms with E-state index in [1.165, 1.54) is 30.6 Å². The number of carbonyl (C=O) groups is 3. The maximum atomic E-state index is 14.8. The third-order valence-electron chi connectivity index (χ3n) is 7.51. The lowest BCUT2D eigenvalue weighted by Crippen LogP contribution is -2.41. The van der Waals surface area contributed by atoms with Crippen molar-refractivity contribution >= 4 is 17.7 Å². The Balaban J connectivity index is 1.32. The van der Waals surface area contributed by atoms with Crippen LogP contribution in [-0.4, -0.2) is 68.7 Å². The first kappa shape index (κ1) is 27.3. The van der Waals surface area contributed by atoms with Gasteiger partial charge in [-0.1, -0.05) is 6.07 Å². The molecule has 1 unspecified atom stereocenters. The van der Waals surface area contributed by atoms with Crippen LogP contribution in [0.25, 0.3) is 11.1 Å². The molecule has 1 aromatic heterocycles. The Hall–Kier alpha value is -4.28. The topological polar surface area (TPSA) is 129 Å². The van der Waals surface area contributed by atoms with Gasteiger partial charge < -0.3 is 20.6 Å². The van der Waals surface area contributed by atoms with E-state index in [1.807, 2.05) is 4.68 Å². The van der Waals surface area contributed by atoms with Crippen LogP contribution in [0.15, 0.2) is 42.7 Å². The van der Waals surface area contributed by atoms with Gasteiger partial charge in [0.15, 0.2) is 0 Å². The number of aromatic hydroxyl groups is 1. The number of hydrogen-bond acceptors (Lipinski definition) is 6. The number of halogens is 1. The fourth-order valence-corrected chi connectivity index (χ4v) is 5.30. The number of nitrogens with zero attached hydrogens (tertiary/aromatic N) is 4. The summed E-state index contributed by atoms with van der Waals surface area (Å²) in [7, 11) is 0. The second-order valence-corrected chi connectivity index (χ2v) is 10.3. The summed E-state index contributed by atoms with van der Waals surface area (Å²) in [4.78, 5) is 44.9. The molecule has 2 aliphatic heterocycles. The van der Waals surface area contributed by atoms with E-state index in [-0.39, 0.29) is 52.5 Å². The second-order valence-electron chi connectivity index (χ2n) is 10.3. The van der Waals surface area contributed by atoms with Gasteiger partial charge in [0, 0.05) is 68.2 Å². The molecule has 0 saturated heterocycles. The van der Waals surface area contributed by atoms with Crippen LogP contribution in [0.1, 0.15) is 47.4 Å². The quantitative estimate of drug-likeness (QED) is 0.429. The van der Waals surface area contributed by atoms with Crippen LogP contribution in [0.3, 0.4) is 0 Å². The number of benzene rings is 2. The molecule has 3 amide bonds. The van der Waals surface area contributed by atoms with Crippen molar-refractivity contribution in [2.45, 2.75) is 45.1 Å². The maximum Gasteiger partial charge on any atom is 0.251 e. The van der Waals surface area contributed by atoms with E-state index in [2.05, 4.69) is 20.7 Å². The van der Waals surface area contributed by atoms with Crippen LogP contribution in [0.2, 0.25) is 0 Å². The largest absolute Gasteiger partial charge is 0.507 e. The molecule has 0 fully saturated rings. The number of rotatable bonds is 1. The third kappa shape index (κ3) is 6.30. The summed E-state index contributed by atoms with van der Waals surface area (Å²) in [5.74, 6) is -0.516. The van der Waals surface area contributed by atoms with Crippen molar-refractivity contribution in [2.75, 3.05) is 26.2 Å². The van der Waals surface area contributed by atoms with Gasteiger partial charge >= 0.3 is 0 Å². The summed E-state index contributed by atoms with van der Waals surface area (Å²) in [6.07, 6.45) is 4.49.